The zero-order valence-corrected chi connectivity index (χ0v) is 60.3. The van der Waals surface area contributed by atoms with Crippen molar-refractivity contribution >= 4 is 104 Å². The molecule has 6 heterocycles. The maximum Gasteiger partial charge on any atom is 0.193 e. The highest BCUT2D eigenvalue weighted by Gasteiger charge is 2.27. The number of benzene rings is 2. The number of pyridine rings is 1. The fraction of sp³-hybridized carbons (Fsp3) is 0.371. The van der Waals surface area contributed by atoms with Crippen molar-refractivity contribution in [2.75, 3.05) is 73.2 Å². The number of nitrogens with one attached hydrogen (secondary N) is 1. The first-order valence-electron chi connectivity index (χ1n) is 31.5. The highest BCUT2D eigenvalue weighted by molar-refractivity contribution is 8.13. The Labute approximate surface area is 588 Å². The number of methoxy groups -OCH3 is 2. The molecule has 0 unspecified atom stereocenters. The molecule has 0 amide bonds. The van der Waals surface area contributed by atoms with Gasteiger partial charge in [-0.05, 0) is 123 Å². The Morgan fingerprint density at radius 1 is 0.551 bits per heavy atom. The average molecular weight is 1410 g/mol. The number of hydrogen-bond acceptors (Lipinski definition) is 25. The summed E-state index contributed by atoms with van der Waals surface area (Å²) in [5, 5.41) is 18.8. The van der Waals surface area contributed by atoms with Gasteiger partial charge in [0.1, 0.15) is 28.9 Å². The maximum absolute atomic E-state index is 12.2. The zero-order valence-electron chi connectivity index (χ0n) is 57.0. The van der Waals surface area contributed by atoms with E-state index in [9.17, 15) is 28.8 Å². The zero-order chi connectivity index (χ0) is 70.8. The van der Waals surface area contributed by atoms with E-state index in [4.69, 9.17) is 36.3 Å². The molecule has 0 radical (unpaired) electrons. The first-order valence-corrected chi connectivity index (χ1v) is 36.4. The number of fused-ring (bicyclic) bond motifs is 7. The lowest BCUT2D eigenvalue weighted by Gasteiger charge is -2.19. The molecule has 2 saturated carbocycles. The lowest BCUT2D eigenvalue weighted by molar-refractivity contribution is -0.129. The Balaban J connectivity index is 0.000000170. The second-order valence-corrected chi connectivity index (χ2v) is 26.2. The van der Waals surface area contributed by atoms with Gasteiger partial charge in [0.05, 0.1) is 79.9 Å². The number of aryl methyl sites for hydroxylation is 4. The number of ketones is 6. The van der Waals surface area contributed by atoms with E-state index in [1.54, 1.807) is 72.7 Å². The minimum Gasteiger partial charge on any atom is -0.497 e. The molecule has 8 aromatic rings. The smallest absolute Gasteiger partial charge is 0.193 e. The van der Waals surface area contributed by atoms with Crippen LogP contribution in [0.4, 0.5) is 5.82 Å². The summed E-state index contributed by atoms with van der Waals surface area (Å²) in [4.78, 5) is 101. The Hall–Kier alpha value is -9.12. The van der Waals surface area contributed by atoms with Gasteiger partial charge in [0.15, 0.2) is 49.4 Å². The number of carbonyl (C=O) groups is 6. The molecule has 28 heteroatoms. The van der Waals surface area contributed by atoms with Gasteiger partial charge in [-0.25, -0.2) is 44.3 Å². The Morgan fingerprint density at radius 3 is 1.52 bits per heavy atom. The van der Waals surface area contributed by atoms with Gasteiger partial charge < -0.3 is 30.7 Å². The van der Waals surface area contributed by atoms with E-state index in [0.717, 1.165) is 128 Å². The summed E-state index contributed by atoms with van der Waals surface area (Å²) in [5.74, 6) is 2.82. The highest BCUT2D eigenvalue weighted by atomic mass is 32.2. The number of nitrogens with zero attached hydrogens (tertiary/aromatic N) is 13. The van der Waals surface area contributed by atoms with Gasteiger partial charge in [0.2, 0.25) is 0 Å². The van der Waals surface area contributed by atoms with Crippen molar-refractivity contribution in [1.82, 2.24) is 64.2 Å². The molecule has 0 spiro atoms. The molecule has 2 fully saturated rings. The molecule has 98 heavy (non-hydrogen) atoms. The summed E-state index contributed by atoms with van der Waals surface area (Å²) in [7, 11) is 10.8. The lowest BCUT2D eigenvalue weighted by atomic mass is 9.89. The van der Waals surface area contributed by atoms with Crippen molar-refractivity contribution in [3.63, 3.8) is 0 Å². The van der Waals surface area contributed by atoms with Gasteiger partial charge in [-0.2, -0.15) is 10.2 Å². The summed E-state index contributed by atoms with van der Waals surface area (Å²) in [6, 6.07) is 17.7. The van der Waals surface area contributed by atoms with Crippen LogP contribution in [0.2, 0.25) is 0 Å². The molecule has 2 aromatic carbocycles. The normalized spacial score (nSPS) is 14.6. The van der Waals surface area contributed by atoms with E-state index in [1.807, 2.05) is 118 Å². The third-order valence-electron chi connectivity index (χ3n) is 15.5. The van der Waals surface area contributed by atoms with Crippen molar-refractivity contribution in [2.24, 2.45) is 5.73 Å². The van der Waals surface area contributed by atoms with E-state index in [0.29, 0.717) is 68.6 Å². The Morgan fingerprint density at radius 2 is 1.03 bits per heavy atom. The number of hydrogen-bond donors (Lipinski definition) is 3. The van der Waals surface area contributed by atoms with Crippen LogP contribution in [0.1, 0.15) is 119 Å². The number of aromatic nitrogens is 11. The number of anilines is 1. The number of nitrogens with two attached hydrogens (primary N) is 2. The van der Waals surface area contributed by atoms with Gasteiger partial charge in [0.25, 0.3) is 0 Å². The molecule has 5 aliphatic rings. The molecular weight excluding hydrogens is 1320 g/mol. The van der Waals surface area contributed by atoms with Crippen LogP contribution in [0.15, 0.2) is 131 Å². The molecule has 24 nitrogen and oxygen atoms in total. The molecule has 6 aromatic heterocycles. The number of carbonyl (C=O) groups excluding carboxylic acids is 6. The van der Waals surface area contributed by atoms with Gasteiger partial charge in [-0.1, -0.05) is 71.3 Å². The molecule has 0 atom stereocenters. The summed E-state index contributed by atoms with van der Waals surface area (Å²) < 4.78 is 14.0. The third-order valence-corrected chi connectivity index (χ3v) is 17.6. The van der Waals surface area contributed by atoms with Crippen molar-refractivity contribution in [3.8, 4) is 22.6 Å². The molecule has 0 aliphatic heterocycles. The summed E-state index contributed by atoms with van der Waals surface area (Å²) in [6.45, 7) is 1.34. The second-order valence-electron chi connectivity index (χ2n) is 23.1. The van der Waals surface area contributed by atoms with Crippen LogP contribution in [0.25, 0.3) is 22.2 Å². The number of Topliss-reactive ketones (excluding diaryl/α,β-unsaturated/α-hetero) is 6. The van der Waals surface area contributed by atoms with Gasteiger partial charge in [0, 0.05) is 120 Å². The molecule has 5 aliphatic carbocycles. The third kappa shape index (κ3) is 22.2. The van der Waals surface area contributed by atoms with Crippen molar-refractivity contribution in [1.29, 1.82) is 5.41 Å². The number of allylic oxidation sites excluding steroid dienone is 2. The van der Waals surface area contributed by atoms with Gasteiger partial charge >= 0.3 is 0 Å². The minimum absolute atomic E-state index is 0.0139. The van der Waals surface area contributed by atoms with Gasteiger partial charge in [-0.15, -0.1) is 0 Å². The fourth-order valence-corrected chi connectivity index (χ4v) is 11.6. The average Bonchev–Trinajstić information content (AvgIpc) is 1.51. The highest BCUT2D eigenvalue weighted by Crippen LogP contribution is 2.38. The predicted octanol–water partition coefficient (Wildman–Crippen LogP) is 10.5. The Kier molecular flexibility index (Phi) is 29.7. The number of amidine groups is 1. The molecule has 13 rings (SSSR count). The van der Waals surface area contributed by atoms with E-state index >= 15 is 0 Å². The topological polar surface area (TPSA) is 329 Å². The molecule has 0 saturated heterocycles. The molecule has 0 bridgehead atoms. The Bertz CT molecular complexity index is 4140. The van der Waals surface area contributed by atoms with Crippen LogP contribution >= 0.6 is 47.0 Å². The van der Waals surface area contributed by atoms with E-state index in [2.05, 4.69) is 47.2 Å². The number of thioether (sulfide) groups is 4. The molecular formula is C70H84N16O8S4. The lowest BCUT2D eigenvalue weighted by Crippen LogP contribution is -2.21. The number of nitrogen functional groups attached to an aromatic ring is 1. The quantitative estimate of drug-likeness (QED) is 0.0206. The van der Waals surface area contributed by atoms with E-state index < -0.39 is 0 Å². The second kappa shape index (κ2) is 38.1. The standard InChI is InChI=1S/C21H19N5OS.C12H15N3OS.C11H13N3O.C9H10N2OS.C9H13NO2.C6H8O2.C2H6N2S/c1-27-15-6-3-13(4-7-15)12-26-20-17(11-24-26)19-14(9-22-20)5-8-18-16(19)10-23-21(25-18)28-2;1-15(2)7-8-4-5-10-9(11(8)16)6-13-12(14-10)17-3;1-15-10-4-2-9(3-5-10)8-14-11(12)6-7-13-14;1-13-9-10-5-6-7(11-9)3-2-4-8(6)12;1-10(2)6-7-8(11)4-3-5-9(7)12;7-5-2-1-3-6(8)4-5;1-5-2(3)4/h3-4,6-7,9-11H,5,8,12H2,1-2H3;6-7H,4-5H2,1-3H3;2-7H,8,12H2,1H3;5H,2-4H2,1H3;6H,3-5H2,1-2H3;1-4H2;1H3,(H3,3,4)/b;8-7+;;;;;. The van der Waals surface area contributed by atoms with Gasteiger partial charge in [-0.3, -0.25) is 34.2 Å². The fourth-order valence-electron chi connectivity index (χ4n) is 10.6. The van der Waals surface area contributed by atoms with Crippen molar-refractivity contribution < 1.29 is 38.2 Å². The SMILES string of the molecule is CN(C)C=C1C(=O)CCCC1=O.COc1ccc(Cn2ncc3c4c(cnc32)CCc2nc(SC)ncc2-4)cc1.COc1ccc(Cn2nccc2N)cc1.CSC(=N)N.CSc1ncc2c(n1)CC/C(=C\N(C)C)C2=O.CSc1ncc2c(n1)CCCC2=O.O=C1CCCC(=O)C1. The van der Waals surface area contributed by atoms with Crippen LogP contribution in [-0.2, 0) is 58.0 Å². The first kappa shape index (κ1) is 76.2. The van der Waals surface area contributed by atoms with Crippen LogP contribution in [0.3, 0.4) is 0 Å². The minimum atomic E-state index is -0.0139. The van der Waals surface area contributed by atoms with E-state index in [-0.39, 0.29) is 46.3 Å². The van der Waals surface area contributed by atoms with Crippen molar-refractivity contribution in [3.05, 3.63) is 160 Å². The summed E-state index contributed by atoms with van der Waals surface area (Å²) in [5.41, 5.74) is 22.8. The summed E-state index contributed by atoms with van der Waals surface area (Å²) in [6.07, 6.45) is 31.9. The summed E-state index contributed by atoms with van der Waals surface area (Å²) >= 11 is 5.82. The van der Waals surface area contributed by atoms with Crippen LogP contribution < -0.4 is 20.9 Å². The van der Waals surface area contributed by atoms with Crippen molar-refractivity contribution in [2.45, 2.75) is 118 Å². The maximum atomic E-state index is 12.2. The van der Waals surface area contributed by atoms with Crippen LogP contribution in [-0.4, -0.2) is 172 Å². The predicted molar refractivity (Wildman–Crippen MR) is 387 cm³/mol. The van der Waals surface area contributed by atoms with Crippen LogP contribution in [0.5, 0.6) is 11.5 Å². The molecule has 516 valence electrons. The largest absolute Gasteiger partial charge is 0.497 e. The monoisotopic (exact) mass is 1400 g/mol. The molecule has 5 N–H and O–H groups in total. The first-order chi connectivity index (χ1) is 47.1. The van der Waals surface area contributed by atoms with Crippen LogP contribution in [0, 0.1) is 5.41 Å². The number of rotatable bonds is 11. The number of ether oxygens (including phenoxy) is 2. The van der Waals surface area contributed by atoms with E-state index in [1.165, 1.54) is 46.4 Å².